The molecule has 1 heterocycles. The summed E-state index contributed by atoms with van der Waals surface area (Å²) in [5.41, 5.74) is 3.53. The molecule has 2 amide bonds. The average molecular weight is 423 g/mol. The normalized spacial score (nSPS) is 14.3. The molecule has 1 aliphatic rings. The minimum atomic E-state index is 0.0960. The summed E-state index contributed by atoms with van der Waals surface area (Å²) in [5, 5.41) is 3.14. The Hall–Kier alpha value is -2.82. The van der Waals surface area contributed by atoms with Crippen LogP contribution in [0.15, 0.2) is 48.5 Å². The fourth-order valence-electron chi connectivity index (χ4n) is 3.87. The lowest BCUT2D eigenvalue weighted by molar-refractivity contribution is -0.132. The van der Waals surface area contributed by atoms with Gasteiger partial charge in [0.1, 0.15) is 5.75 Å². The number of hydrogen-bond donors (Lipinski definition) is 1. The number of benzene rings is 2. The van der Waals surface area contributed by atoms with Gasteiger partial charge in [0.2, 0.25) is 11.8 Å². The van der Waals surface area contributed by atoms with E-state index in [-0.39, 0.29) is 17.9 Å². The minimum Gasteiger partial charge on any atom is -0.493 e. The van der Waals surface area contributed by atoms with Crippen LogP contribution in [0.4, 0.5) is 0 Å². The van der Waals surface area contributed by atoms with Gasteiger partial charge in [0.05, 0.1) is 6.61 Å². The first kappa shape index (κ1) is 22.9. The highest BCUT2D eigenvalue weighted by Gasteiger charge is 2.23. The molecular formula is C26H34N2O3. The topological polar surface area (TPSA) is 58.6 Å². The lowest BCUT2D eigenvalue weighted by atomic mass is 10.0. The quantitative estimate of drug-likeness (QED) is 0.616. The Morgan fingerprint density at radius 2 is 1.71 bits per heavy atom. The van der Waals surface area contributed by atoms with Crippen molar-refractivity contribution in [1.29, 1.82) is 0 Å². The van der Waals surface area contributed by atoms with Crippen molar-refractivity contribution in [3.05, 3.63) is 65.2 Å². The number of aryl methyl sites for hydroxylation is 3. The number of carbonyl (C=O) groups excluding carboxylic acids is 2. The third kappa shape index (κ3) is 7.42. The highest BCUT2D eigenvalue weighted by molar-refractivity contribution is 5.77. The van der Waals surface area contributed by atoms with Crippen LogP contribution in [-0.2, 0) is 16.0 Å². The third-order valence-electron chi connectivity index (χ3n) is 5.86. The number of amides is 2. The van der Waals surface area contributed by atoms with Gasteiger partial charge in [0.25, 0.3) is 0 Å². The fraction of sp³-hybridized carbons (Fsp3) is 0.462. The van der Waals surface area contributed by atoms with Crippen LogP contribution in [0.1, 0.15) is 48.8 Å². The molecule has 1 aliphatic heterocycles. The Balaban J connectivity index is 1.29. The lowest BCUT2D eigenvalue weighted by Gasteiger charge is -2.32. The Morgan fingerprint density at radius 1 is 1.00 bits per heavy atom. The number of carbonyl (C=O) groups is 2. The Morgan fingerprint density at radius 3 is 2.42 bits per heavy atom. The number of ether oxygens (including phenoxy) is 1. The van der Waals surface area contributed by atoms with Crippen molar-refractivity contribution in [2.24, 2.45) is 0 Å². The first-order valence-corrected chi connectivity index (χ1v) is 11.3. The molecule has 0 saturated carbocycles. The van der Waals surface area contributed by atoms with E-state index in [1.54, 1.807) is 0 Å². The Bertz CT molecular complexity index is 855. The summed E-state index contributed by atoms with van der Waals surface area (Å²) in [5.74, 6) is 1.16. The summed E-state index contributed by atoms with van der Waals surface area (Å²) in [6.45, 7) is 6.05. The summed E-state index contributed by atoms with van der Waals surface area (Å²) in [7, 11) is 0. The van der Waals surface area contributed by atoms with E-state index in [1.807, 2.05) is 36.1 Å². The molecule has 2 aromatic carbocycles. The highest BCUT2D eigenvalue weighted by Crippen LogP contribution is 2.17. The number of likely N-dealkylation sites (tertiary alicyclic amines) is 1. The Labute approximate surface area is 185 Å². The minimum absolute atomic E-state index is 0.0960. The highest BCUT2D eigenvalue weighted by atomic mass is 16.5. The van der Waals surface area contributed by atoms with Gasteiger partial charge in [0, 0.05) is 32.0 Å². The van der Waals surface area contributed by atoms with Crippen LogP contribution in [0.2, 0.25) is 0 Å². The standard InChI is InChI=1S/C26H34N2O3/c1-20-9-11-22(12-10-20)13-14-25(29)27-23-15-17-28(18-16-23)26(30)8-5-19-31-24-7-4-3-6-21(24)2/h3-4,6-7,9-12,23H,5,8,13-19H2,1-2H3,(H,27,29). The van der Waals surface area contributed by atoms with Crippen LogP contribution in [-0.4, -0.2) is 42.5 Å². The summed E-state index contributed by atoms with van der Waals surface area (Å²) in [6.07, 6.45) is 4.11. The van der Waals surface area contributed by atoms with Crippen molar-refractivity contribution in [2.75, 3.05) is 19.7 Å². The van der Waals surface area contributed by atoms with Crippen molar-refractivity contribution < 1.29 is 14.3 Å². The fourth-order valence-corrected chi connectivity index (χ4v) is 3.87. The predicted octanol–water partition coefficient (Wildman–Crippen LogP) is 4.20. The van der Waals surface area contributed by atoms with Crippen molar-refractivity contribution >= 4 is 11.8 Å². The lowest BCUT2D eigenvalue weighted by Crippen LogP contribution is -2.46. The molecule has 5 heteroatoms. The molecule has 3 rings (SSSR count). The molecule has 1 saturated heterocycles. The van der Waals surface area contributed by atoms with Gasteiger partial charge in [-0.1, -0.05) is 48.0 Å². The van der Waals surface area contributed by atoms with Gasteiger partial charge in [0.15, 0.2) is 0 Å². The molecule has 0 aromatic heterocycles. The Kier molecular flexibility index (Phi) is 8.51. The molecule has 0 atom stereocenters. The molecule has 1 N–H and O–H groups in total. The van der Waals surface area contributed by atoms with E-state index in [0.717, 1.165) is 30.6 Å². The molecule has 2 aromatic rings. The maximum atomic E-state index is 12.5. The van der Waals surface area contributed by atoms with Crippen LogP contribution in [0.3, 0.4) is 0 Å². The van der Waals surface area contributed by atoms with Gasteiger partial charge >= 0.3 is 0 Å². The third-order valence-corrected chi connectivity index (χ3v) is 5.86. The summed E-state index contributed by atoms with van der Waals surface area (Å²) in [6, 6.07) is 16.4. The second-order valence-corrected chi connectivity index (χ2v) is 8.43. The van der Waals surface area contributed by atoms with Crippen LogP contribution in [0.25, 0.3) is 0 Å². The van der Waals surface area contributed by atoms with E-state index < -0.39 is 0 Å². The zero-order chi connectivity index (χ0) is 22.1. The molecule has 0 spiro atoms. The van der Waals surface area contributed by atoms with Gasteiger partial charge in [-0.3, -0.25) is 9.59 Å². The van der Waals surface area contributed by atoms with Crippen molar-refractivity contribution in [1.82, 2.24) is 10.2 Å². The number of hydrogen-bond acceptors (Lipinski definition) is 3. The molecule has 31 heavy (non-hydrogen) atoms. The van der Waals surface area contributed by atoms with Crippen molar-refractivity contribution in [3.8, 4) is 5.75 Å². The number of rotatable bonds is 9. The van der Waals surface area contributed by atoms with Gasteiger partial charge in [-0.15, -0.1) is 0 Å². The van der Waals surface area contributed by atoms with Crippen LogP contribution in [0.5, 0.6) is 5.75 Å². The van der Waals surface area contributed by atoms with Crippen LogP contribution < -0.4 is 10.1 Å². The molecule has 5 nitrogen and oxygen atoms in total. The predicted molar refractivity (Wildman–Crippen MR) is 123 cm³/mol. The smallest absolute Gasteiger partial charge is 0.222 e. The zero-order valence-electron chi connectivity index (χ0n) is 18.7. The summed E-state index contributed by atoms with van der Waals surface area (Å²) >= 11 is 0. The summed E-state index contributed by atoms with van der Waals surface area (Å²) in [4.78, 5) is 26.7. The maximum absolute atomic E-state index is 12.5. The molecule has 0 unspecified atom stereocenters. The van der Waals surface area contributed by atoms with Crippen molar-refractivity contribution in [3.63, 3.8) is 0 Å². The van der Waals surface area contributed by atoms with Gasteiger partial charge < -0.3 is 15.0 Å². The largest absolute Gasteiger partial charge is 0.493 e. The van der Waals surface area contributed by atoms with E-state index in [9.17, 15) is 9.59 Å². The van der Waals surface area contributed by atoms with E-state index in [0.29, 0.717) is 39.0 Å². The monoisotopic (exact) mass is 422 g/mol. The van der Waals surface area contributed by atoms with Gasteiger partial charge in [-0.2, -0.15) is 0 Å². The van der Waals surface area contributed by atoms with E-state index in [1.165, 1.54) is 11.1 Å². The number of nitrogens with one attached hydrogen (secondary N) is 1. The van der Waals surface area contributed by atoms with Crippen LogP contribution >= 0.6 is 0 Å². The van der Waals surface area contributed by atoms with E-state index in [4.69, 9.17) is 4.74 Å². The second kappa shape index (κ2) is 11.5. The van der Waals surface area contributed by atoms with E-state index >= 15 is 0 Å². The molecule has 0 radical (unpaired) electrons. The molecule has 166 valence electrons. The first-order valence-electron chi connectivity index (χ1n) is 11.3. The van der Waals surface area contributed by atoms with E-state index in [2.05, 4.69) is 36.5 Å². The van der Waals surface area contributed by atoms with Crippen LogP contribution in [0, 0.1) is 13.8 Å². The summed E-state index contributed by atoms with van der Waals surface area (Å²) < 4.78 is 5.78. The SMILES string of the molecule is Cc1ccc(CCC(=O)NC2CCN(C(=O)CCCOc3ccccc3C)CC2)cc1. The number of nitrogens with zero attached hydrogens (tertiary/aromatic N) is 1. The maximum Gasteiger partial charge on any atom is 0.222 e. The molecule has 0 bridgehead atoms. The molecular weight excluding hydrogens is 388 g/mol. The average Bonchev–Trinajstić information content (AvgIpc) is 2.78. The first-order chi connectivity index (χ1) is 15.0. The van der Waals surface area contributed by atoms with Crippen molar-refractivity contribution in [2.45, 2.75) is 58.4 Å². The number of piperidine rings is 1. The van der Waals surface area contributed by atoms with Gasteiger partial charge in [-0.05, 0) is 56.7 Å². The second-order valence-electron chi connectivity index (χ2n) is 8.43. The molecule has 1 fully saturated rings. The molecule has 0 aliphatic carbocycles. The number of para-hydroxylation sites is 1. The van der Waals surface area contributed by atoms with Gasteiger partial charge in [-0.25, -0.2) is 0 Å². The zero-order valence-corrected chi connectivity index (χ0v) is 18.7.